The van der Waals surface area contributed by atoms with Crippen LogP contribution in [0.25, 0.3) is 0 Å². The summed E-state index contributed by atoms with van der Waals surface area (Å²) in [5.41, 5.74) is 1.18. The fourth-order valence-corrected chi connectivity index (χ4v) is 2.76. The fraction of sp³-hybridized carbons (Fsp3) is 0.500. The van der Waals surface area contributed by atoms with Crippen molar-refractivity contribution in [1.82, 2.24) is 10.6 Å². The topological polar surface area (TPSA) is 67.4 Å². The van der Waals surface area contributed by atoms with E-state index in [0.29, 0.717) is 26.1 Å². The Bertz CT molecular complexity index is 536. The first-order chi connectivity index (χ1) is 10.6. The second-order valence-corrected chi connectivity index (χ2v) is 6.23. The van der Waals surface area contributed by atoms with Crippen molar-refractivity contribution in [2.24, 2.45) is 5.92 Å². The van der Waals surface area contributed by atoms with Crippen molar-refractivity contribution >= 4 is 27.9 Å². The Kier molecular flexibility index (Phi) is 6.24. The minimum atomic E-state index is -0.189. The molecule has 0 spiro atoms. The lowest BCUT2D eigenvalue weighted by Gasteiger charge is -2.07. The van der Waals surface area contributed by atoms with E-state index in [1.165, 1.54) is 5.56 Å². The zero-order valence-electron chi connectivity index (χ0n) is 12.6. The minimum absolute atomic E-state index is 0.0225. The molecule has 0 heterocycles. The van der Waals surface area contributed by atoms with E-state index in [4.69, 9.17) is 4.74 Å². The molecule has 1 aromatic carbocycles. The molecule has 22 heavy (non-hydrogen) atoms. The highest BCUT2D eigenvalue weighted by Crippen LogP contribution is 2.48. The number of hydrogen-bond donors (Lipinski definition) is 2. The van der Waals surface area contributed by atoms with Crippen LogP contribution in [-0.2, 0) is 9.53 Å². The highest BCUT2D eigenvalue weighted by molar-refractivity contribution is 9.10. The Balaban J connectivity index is 1.62. The van der Waals surface area contributed by atoms with Crippen molar-refractivity contribution in [2.75, 3.05) is 19.7 Å². The molecule has 1 saturated carbocycles. The number of benzene rings is 1. The summed E-state index contributed by atoms with van der Waals surface area (Å²) in [6, 6.07) is 7.85. The molecule has 0 aromatic heterocycles. The summed E-state index contributed by atoms with van der Waals surface area (Å²) in [4.78, 5) is 23.1. The molecule has 5 nitrogen and oxygen atoms in total. The number of carbonyl (C=O) groups is 2. The molecule has 2 N–H and O–H groups in total. The van der Waals surface area contributed by atoms with E-state index in [9.17, 15) is 9.59 Å². The normalized spacial score (nSPS) is 19.4. The van der Waals surface area contributed by atoms with Crippen LogP contribution in [0, 0.1) is 5.92 Å². The predicted molar refractivity (Wildman–Crippen MR) is 87.6 cm³/mol. The van der Waals surface area contributed by atoms with E-state index < -0.39 is 0 Å². The molecule has 2 atom stereocenters. The average Bonchev–Trinajstić information content (AvgIpc) is 3.27. The zero-order valence-corrected chi connectivity index (χ0v) is 14.2. The molecule has 2 unspecified atom stereocenters. The summed E-state index contributed by atoms with van der Waals surface area (Å²) in [6.45, 7) is 3.30. The van der Waals surface area contributed by atoms with Gasteiger partial charge in [-0.15, -0.1) is 0 Å². The summed E-state index contributed by atoms with van der Waals surface area (Å²) < 4.78 is 6.30. The maximum atomic E-state index is 11.9. The minimum Gasteiger partial charge on any atom is -0.465 e. The number of hydrogen-bond acceptors (Lipinski definition) is 3. The van der Waals surface area contributed by atoms with Crippen LogP contribution in [-0.4, -0.2) is 31.7 Å². The van der Waals surface area contributed by atoms with Gasteiger partial charge in [0.05, 0.1) is 12.5 Å². The Labute approximate surface area is 138 Å². The second kappa shape index (κ2) is 8.17. The van der Waals surface area contributed by atoms with Crippen LogP contribution >= 0.6 is 15.9 Å². The molecule has 120 valence electrons. The van der Waals surface area contributed by atoms with Crippen molar-refractivity contribution < 1.29 is 14.3 Å². The van der Waals surface area contributed by atoms with E-state index in [2.05, 4.69) is 26.6 Å². The Morgan fingerprint density at radius 2 is 2.18 bits per heavy atom. The molecular weight excluding hydrogens is 348 g/mol. The van der Waals surface area contributed by atoms with Gasteiger partial charge in [0.25, 0.3) is 0 Å². The van der Waals surface area contributed by atoms with Gasteiger partial charge in [-0.05, 0) is 43.4 Å². The van der Waals surface area contributed by atoms with Crippen LogP contribution in [0.4, 0.5) is 4.79 Å². The monoisotopic (exact) mass is 368 g/mol. The van der Waals surface area contributed by atoms with Crippen LogP contribution in [0.15, 0.2) is 28.7 Å². The van der Waals surface area contributed by atoms with Crippen molar-refractivity contribution in [2.45, 2.75) is 25.7 Å². The van der Waals surface area contributed by atoms with Gasteiger partial charge in [0.15, 0.2) is 0 Å². The molecular formula is C16H21BrN2O3. The molecule has 1 aliphatic rings. The third kappa shape index (κ3) is 5.02. The number of nitrogens with one attached hydrogen (secondary N) is 2. The molecule has 0 radical (unpaired) electrons. The van der Waals surface area contributed by atoms with Gasteiger partial charge in [0, 0.05) is 17.6 Å². The van der Waals surface area contributed by atoms with Gasteiger partial charge in [-0.2, -0.15) is 0 Å². The Morgan fingerprint density at radius 3 is 2.91 bits per heavy atom. The van der Waals surface area contributed by atoms with Gasteiger partial charge >= 0.3 is 12.0 Å². The summed E-state index contributed by atoms with van der Waals surface area (Å²) in [6.07, 6.45) is 1.48. The number of ether oxygens (including phenoxy) is 1. The average molecular weight is 369 g/mol. The van der Waals surface area contributed by atoms with E-state index in [1.54, 1.807) is 0 Å². The van der Waals surface area contributed by atoms with Crippen molar-refractivity contribution in [1.29, 1.82) is 0 Å². The smallest absolute Gasteiger partial charge is 0.314 e. The van der Waals surface area contributed by atoms with Crippen molar-refractivity contribution in [3.8, 4) is 0 Å². The predicted octanol–water partition coefficient (Wildman–Crippen LogP) is 2.81. The number of carbonyl (C=O) groups excluding carboxylic acids is 2. The highest BCUT2D eigenvalue weighted by atomic mass is 79.9. The number of amides is 2. The van der Waals surface area contributed by atoms with Crippen LogP contribution in [0.3, 0.4) is 0 Å². The number of urea groups is 1. The van der Waals surface area contributed by atoms with Crippen molar-refractivity contribution in [3.05, 3.63) is 34.3 Å². The lowest BCUT2D eigenvalue weighted by Crippen LogP contribution is -2.36. The van der Waals surface area contributed by atoms with Gasteiger partial charge in [-0.1, -0.05) is 28.1 Å². The third-order valence-corrected chi connectivity index (χ3v) is 4.05. The number of halogens is 1. The lowest BCUT2D eigenvalue weighted by atomic mass is 10.1. The maximum Gasteiger partial charge on any atom is 0.314 e. The van der Waals surface area contributed by atoms with E-state index in [0.717, 1.165) is 10.9 Å². The maximum absolute atomic E-state index is 11.9. The summed E-state index contributed by atoms with van der Waals surface area (Å²) in [5, 5.41) is 5.34. The third-order valence-electron chi connectivity index (χ3n) is 3.56. The molecule has 1 fully saturated rings. The molecule has 6 heteroatoms. The molecule has 2 amide bonds. The van der Waals surface area contributed by atoms with Gasteiger partial charge in [0.2, 0.25) is 0 Å². The molecule has 1 aliphatic carbocycles. The summed E-state index contributed by atoms with van der Waals surface area (Å²) in [5.74, 6) is 0.118. The standard InChI is InChI=1S/C16H21BrN2O3/c1-2-18-16(21)19-7-4-8-22-15(20)14-10-13(14)11-5-3-6-12(17)9-11/h3,5-6,9,13-14H,2,4,7-8,10H2,1H3,(H2,18,19,21). The zero-order chi connectivity index (χ0) is 15.9. The Hall–Kier alpha value is -1.56. The van der Waals surface area contributed by atoms with Gasteiger partial charge < -0.3 is 15.4 Å². The van der Waals surface area contributed by atoms with Crippen LogP contribution < -0.4 is 10.6 Å². The fourth-order valence-electron chi connectivity index (χ4n) is 2.34. The lowest BCUT2D eigenvalue weighted by molar-refractivity contribution is -0.145. The SMILES string of the molecule is CCNC(=O)NCCCOC(=O)C1CC1c1cccc(Br)c1. The first-order valence-corrected chi connectivity index (χ1v) is 8.35. The quantitative estimate of drug-likeness (QED) is 0.574. The number of esters is 1. The van der Waals surface area contributed by atoms with Gasteiger partial charge in [-0.3, -0.25) is 4.79 Å². The Morgan fingerprint density at radius 1 is 1.36 bits per heavy atom. The summed E-state index contributed by atoms with van der Waals surface area (Å²) >= 11 is 3.44. The first kappa shape index (κ1) is 16.8. The number of rotatable bonds is 7. The van der Waals surface area contributed by atoms with E-state index >= 15 is 0 Å². The van der Waals surface area contributed by atoms with Gasteiger partial charge in [0.1, 0.15) is 0 Å². The molecule has 0 aliphatic heterocycles. The van der Waals surface area contributed by atoms with Crippen LogP contribution in [0.5, 0.6) is 0 Å². The van der Waals surface area contributed by atoms with Crippen LogP contribution in [0.1, 0.15) is 31.2 Å². The second-order valence-electron chi connectivity index (χ2n) is 5.31. The van der Waals surface area contributed by atoms with Crippen molar-refractivity contribution in [3.63, 3.8) is 0 Å². The van der Waals surface area contributed by atoms with E-state index in [-0.39, 0.29) is 23.8 Å². The van der Waals surface area contributed by atoms with Crippen LogP contribution in [0.2, 0.25) is 0 Å². The molecule has 0 bridgehead atoms. The highest BCUT2D eigenvalue weighted by Gasteiger charge is 2.45. The van der Waals surface area contributed by atoms with E-state index in [1.807, 2.05) is 31.2 Å². The largest absolute Gasteiger partial charge is 0.465 e. The van der Waals surface area contributed by atoms with Gasteiger partial charge in [-0.25, -0.2) is 4.79 Å². The molecule has 0 saturated heterocycles. The first-order valence-electron chi connectivity index (χ1n) is 7.55. The molecule has 2 rings (SSSR count). The summed E-state index contributed by atoms with van der Waals surface area (Å²) in [7, 11) is 0. The molecule has 1 aromatic rings.